The molecule has 2 heterocycles. The number of ether oxygens (including phenoxy) is 1. The molecule has 0 spiro atoms. The zero-order valence-corrected chi connectivity index (χ0v) is 8.02. The Hall–Kier alpha value is -1.36. The smallest absolute Gasteiger partial charge is 0.225 e. The van der Waals surface area contributed by atoms with E-state index in [0.29, 0.717) is 5.69 Å². The van der Waals surface area contributed by atoms with Crippen LogP contribution >= 0.6 is 0 Å². The fourth-order valence-electron chi connectivity index (χ4n) is 1.44. The lowest BCUT2D eigenvalue weighted by atomic mass is 10.4. The van der Waals surface area contributed by atoms with E-state index in [0.717, 1.165) is 38.7 Å². The van der Waals surface area contributed by atoms with Crippen LogP contribution in [-0.4, -0.2) is 36.3 Å². The molecule has 5 heteroatoms. The summed E-state index contributed by atoms with van der Waals surface area (Å²) in [5.41, 5.74) is 6.12. The van der Waals surface area contributed by atoms with Gasteiger partial charge in [0.15, 0.2) is 0 Å². The monoisotopic (exact) mass is 194 g/mol. The van der Waals surface area contributed by atoms with Crippen molar-refractivity contribution in [3.63, 3.8) is 0 Å². The van der Waals surface area contributed by atoms with Crippen molar-refractivity contribution in [3.05, 3.63) is 12.4 Å². The van der Waals surface area contributed by atoms with E-state index >= 15 is 0 Å². The first-order chi connectivity index (χ1) is 6.86. The van der Waals surface area contributed by atoms with Crippen LogP contribution in [0.25, 0.3) is 0 Å². The fourth-order valence-corrected chi connectivity index (χ4v) is 1.44. The minimum absolute atomic E-state index is 0.597. The summed E-state index contributed by atoms with van der Waals surface area (Å²) in [5, 5.41) is 0. The minimum Gasteiger partial charge on any atom is -0.396 e. The molecule has 1 fully saturated rings. The second kappa shape index (κ2) is 4.23. The Balaban J connectivity index is 2.08. The lowest BCUT2D eigenvalue weighted by Gasteiger charge is -2.18. The number of nitrogens with two attached hydrogens (primary N) is 1. The van der Waals surface area contributed by atoms with Crippen molar-refractivity contribution >= 4 is 11.6 Å². The number of hydrogen-bond acceptors (Lipinski definition) is 5. The van der Waals surface area contributed by atoms with Crippen molar-refractivity contribution in [2.45, 2.75) is 6.42 Å². The van der Waals surface area contributed by atoms with Crippen LogP contribution in [0.4, 0.5) is 11.6 Å². The number of anilines is 2. The lowest BCUT2D eigenvalue weighted by Crippen LogP contribution is -2.27. The summed E-state index contributed by atoms with van der Waals surface area (Å²) >= 11 is 0. The van der Waals surface area contributed by atoms with Crippen molar-refractivity contribution in [3.8, 4) is 0 Å². The largest absolute Gasteiger partial charge is 0.396 e. The Morgan fingerprint density at radius 2 is 2.00 bits per heavy atom. The first-order valence-corrected chi connectivity index (χ1v) is 4.76. The van der Waals surface area contributed by atoms with Gasteiger partial charge in [-0.05, 0) is 6.42 Å². The molecule has 0 bridgehead atoms. The highest BCUT2D eigenvalue weighted by atomic mass is 16.5. The predicted octanol–water partition coefficient (Wildman–Crippen LogP) is 0.285. The standard InChI is InChI=1S/C9H14N4O/c10-8-6-11-9(12-7-8)13-2-1-4-14-5-3-13/h6-7H,1-5,10H2. The summed E-state index contributed by atoms with van der Waals surface area (Å²) in [5.74, 6) is 0.740. The molecule has 0 atom stereocenters. The molecule has 2 N–H and O–H groups in total. The van der Waals surface area contributed by atoms with E-state index in [1.807, 2.05) is 0 Å². The maximum Gasteiger partial charge on any atom is 0.225 e. The molecule has 2 rings (SSSR count). The van der Waals surface area contributed by atoms with Crippen LogP contribution in [-0.2, 0) is 4.74 Å². The van der Waals surface area contributed by atoms with Gasteiger partial charge in [0.05, 0.1) is 24.7 Å². The molecule has 0 saturated carbocycles. The first-order valence-electron chi connectivity index (χ1n) is 4.76. The molecule has 1 aromatic rings. The Kier molecular flexibility index (Phi) is 2.78. The van der Waals surface area contributed by atoms with E-state index in [1.54, 1.807) is 12.4 Å². The topological polar surface area (TPSA) is 64.3 Å². The molecule has 5 nitrogen and oxygen atoms in total. The van der Waals surface area contributed by atoms with E-state index in [-0.39, 0.29) is 0 Å². The van der Waals surface area contributed by atoms with Gasteiger partial charge < -0.3 is 15.4 Å². The normalized spacial score (nSPS) is 17.9. The third kappa shape index (κ3) is 2.11. The molecule has 1 aliphatic rings. The highest BCUT2D eigenvalue weighted by molar-refractivity contribution is 5.37. The van der Waals surface area contributed by atoms with Crippen LogP contribution in [0, 0.1) is 0 Å². The molecule has 0 radical (unpaired) electrons. The third-order valence-corrected chi connectivity index (χ3v) is 2.16. The maximum absolute atomic E-state index is 5.52. The average molecular weight is 194 g/mol. The zero-order valence-electron chi connectivity index (χ0n) is 8.02. The molecular weight excluding hydrogens is 180 g/mol. The van der Waals surface area contributed by atoms with E-state index in [4.69, 9.17) is 10.5 Å². The zero-order chi connectivity index (χ0) is 9.80. The van der Waals surface area contributed by atoms with Gasteiger partial charge in [-0.2, -0.15) is 0 Å². The molecular formula is C9H14N4O. The highest BCUT2D eigenvalue weighted by Crippen LogP contribution is 2.10. The van der Waals surface area contributed by atoms with Gasteiger partial charge in [-0.15, -0.1) is 0 Å². The molecule has 0 aromatic carbocycles. The second-order valence-corrected chi connectivity index (χ2v) is 3.27. The van der Waals surface area contributed by atoms with Crippen LogP contribution in [0.2, 0.25) is 0 Å². The Labute approximate surface area is 82.9 Å². The SMILES string of the molecule is Nc1cnc(N2CCCOCC2)nc1. The van der Waals surface area contributed by atoms with Gasteiger partial charge in [-0.1, -0.05) is 0 Å². The Morgan fingerprint density at radius 1 is 1.21 bits per heavy atom. The quantitative estimate of drug-likeness (QED) is 0.696. The van der Waals surface area contributed by atoms with Crippen LogP contribution in [0.1, 0.15) is 6.42 Å². The number of nitrogens with zero attached hydrogens (tertiary/aromatic N) is 3. The summed E-state index contributed by atoms with van der Waals surface area (Å²) in [6, 6.07) is 0. The number of nitrogen functional groups attached to an aromatic ring is 1. The molecule has 0 amide bonds. The highest BCUT2D eigenvalue weighted by Gasteiger charge is 2.11. The molecule has 1 aromatic heterocycles. The van der Waals surface area contributed by atoms with Crippen molar-refractivity contribution in [2.24, 2.45) is 0 Å². The van der Waals surface area contributed by atoms with Gasteiger partial charge in [-0.3, -0.25) is 0 Å². The van der Waals surface area contributed by atoms with Crippen molar-refractivity contribution in [2.75, 3.05) is 36.9 Å². The molecule has 0 unspecified atom stereocenters. The molecule has 0 aliphatic carbocycles. The van der Waals surface area contributed by atoms with Gasteiger partial charge in [-0.25, -0.2) is 9.97 Å². The van der Waals surface area contributed by atoms with Crippen molar-refractivity contribution in [1.29, 1.82) is 0 Å². The van der Waals surface area contributed by atoms with Gasteiger partial charge in [0.2, 0.25) is 5.95 Å². The summed E-state index contributed by atoms with van der Waals surface area (Å²) in [6.45, 7) is 3.37. The van der Waals surface area contributed by atoms with Gasteiger partial charge in [0, 0.05) is 19.7 Å². The molecule has 1 aliphatic heterocycles. The van der Waals surface area contributed by atoms with Gasteiger partial charge in [0.25, 0.3) is 0 Å². The summed E-state index contributed by atoms with van der Waals surface area (Å²) in [4.78, 5) is 10.5. The number of aromatic nitrogens is 2. The molecule has 76 valence electrons. The molecule has 1 saturated heterocycles. The minimum atomic E-state index is 0.597. The van der Waals surface area contributed by atoms with Crippen LogP contribution < -0.4 is 10.6 Å². The summed E-state index contributed by atoms with van der Waals surface area (Å²) < 4.78 is 5.35. The van der Waals surface area contributed by atoms with Gasteiger partial charge >= 0.3 is 0 Å². The Morgan fingerprint density at radius 3 is 2.79 bits per heavy atom. The average Bonchev–Trinajstić information content (AvgIpc) is 2.47. The van der Waals surface area contributed by atoms with E-state index < -0.39 is 0 Å². The predicted molar refractivity (Wildman–Crippen MR) is 54.1 cm³/mol. The van der Waals surface area contributed by atoms with Gasteiger partial charge in [0.1, 0.15) is 0 Å². The third-order valence-electron chi connectivity index (χ3n) is 2.16. The van der Waals surface area contributed by atoms with E-state index in [1.165, 1.54) is 0 Å². The van der Waals surface area contributed by atoms with Crippen molar-refractivity contribution in [1.82, 2.24) is 9.97 Å². The fraction of sp³-hybridized carbons (Fsp3) is 0.556. The van der Waals surface area contributed by atoms with Crippen LogP contribution in [0.3, 0.4) is 0 Å². The summed E-state index contributed by atoms with van der Waals surface area (Å²) in [6.07, 6.45) is 4.29. The molecule has 14 heavy (non-hydrogen) atoms. The Bertz CT molecular complexity index is 279. The van der Waals surface area contributed by atoms with E-state index in [9.17, 15) is 0 Å². The van der Waals surface area contributed by atoms with Crippen LogP contribution in [0.5, 0.6) is 0 Å². The number of rotatable bonds is 1. The lowest BCUT2D eigenvalue weighted by molar-refractivity contribution is 0.152. The summed E-state index contributed by atoms with van der Waals surface area (Å²) in [7, 11) is 0. The number of hydrogen-bond donors (Lipinski definition) is 1. The van der Waals surface area contributed by atoms with Crippen LogP contribution in [0.15, 0.2) is 12.4 Å². The van der Waals surface area contributed by atoms with E-state index in [2.05, 4.69) is 14.9 Å². The maximum atomic E-state index is 5.52. The first kappa shape index (κ1) is 9.21. The van der Waals surface area contributed by atoms with Crippen molar-refractivity contribution < 1.29 is 4.74 Å². The second-order valence-electron chi connectivity index (χ2n) is 3.27.